The lowest BCUT2D eigenvalue weighted by molar-refractivity contribution is -0.137. The van der Waals surface area contributed by atoms with Crippen LogP contribution in [0, 0.1) is 5.92 Å². The van der Waals surface area contributed by atoms with E-state index in [0.717, 1.165) is 25.1 Å². The van der Waals surface area contributed by atoms with Crippen LogP contribution in [0.15, 0.2) is 12.3 Å². The van der Waals surface area contributed by atoms with E-state index in [9.17, 15) is 22.8 Å². The van der Waals surface area contributed by atoms with Crippen LogP contribution < -0.4 is 15.5 Å². The number of anilines is 1. The van der Waals surface area contributed by atoms with E-state index in [2.05, 4.69) is 15.6 Å². The number of nitrogens with one attached hydrogen (secondary N) is 2. The lowest BCUT2D eigenvalue weighted by Crippen LogP contribution is -2.44. The second-order valence-electron chi connectivity index (χ2n) is 6.85. The van der Waals surface area contributed by atoms with Crippen LogP contribution in [0.3, 0.4) is 0 Å². The maximum atomic E-state index is 12.7. The van der Waals surface area contributed by atoms with Gasteiger partial charge in [0.05, 0.1) is 17.1 Å². The molecule has 2 amide bonds. The van der Waals surface area contributed by atoms with Gasteiger partial charge in [0.2, 0.25) is 11.8 Å². The summed E-state index contributed by atoms with van der Waals surface area (Å²) in [6.07, 6.45) is -0.744. The number of hydrogen-bond donors (Lipinski definition) is 2. The van der Waals surface area contributed by atoms with Crippen molar-refractivity contribution in [3.8, 4) is 0 Å². The zero-order valence-corrected chi connectivity index (χ0v) is 15.2. The van der Waals surface area contributed by atoms with Crippen LogP contribution in [0.2, 0.25) is 5.02 Å². The zero-order valence-electron chi connectivity index (χ0n) is 14.5. The maximum absolute atomic E-state index is 12.7. The highest BCUT2D eigenvalue weighted by atomic mass is 35.5. The number of carbonyl (C=O) groups excluding carboxylic acids is 2. The number of halogens is 4. The van der Waals surface area contributed by atoms with Crippen molar-refractivity contribution >= 4 is 29.2 Å². The molecule has 0 unspecified atom stereocenters. The molecule has 10 heteroatoms. The van der Waals surface area contributed by atoms with E-state index in [4.69, 9.17) is 11.6 Å². The summed E-state index contributed by atoms with van der Waals surface area (Å²) in [6, 6.07) is 1.11. The highest BCUT2D eigenvalue weighted by Crippen LogP contribution is 2.34. The van der Waals surface area contributed by atoms with E-state index in [1.807, 2.05) is 0 Å². The number of pyridine rings is 1. The van der Waals surface area contributed by atoms with Crippen molar-refractivity contribution < 1.29 is 22.8 Å². The highest BCUT2D eigenvalue weighted by Gasteiger charge is 2.33. The Bertz CT molecular complexity index is 717. The standard InChI is InChI=1S/C17H20ClF3N4O2/c18-13-7-11(17(19,20)21)8-22-15(13)25-5-3-10(4-6-25)16(27)23-9-14(26)24-12-1-2-12/h7-8,10,12H,1-6,9H2,(H,23,27)(H,24,26). The van der Waals surface area contributed by atoms with Crippen LogP contribution in [0.25, 0.3) is 0 Å². The molecule has 3 rings (SSSR count). The molecule has 1 aromatic heterocycles. The Hall–Kier alpha value is -2.03. The summed E-state index contributed by atoms with van der Waals surface area (Å²) >= 11 is 5.97. The van der Waals surface area contributed by atoms with Crippen LogP contribution in [-0.2, 0) is 15.8 Å². The molecule has 0 atom stereocenters. The number of rotatable bonds is 5. The van der Waals surface area contributed by atoms with Gasteiger partial charge in [0.25, 0.3) is 0 Å². The number of carbonyl (C=O) groups is 2. The van der Waals surface area contributed by atoms with Crippen molar-refractivity contribution in [2.75, 3.05) is 24.5 Å². The summed E-state index contributed by atoms with van der Waals surface area (Å²) < 4.78 is 38.1. The summed E-state index contributed by atoms with van der Waals surface area (Å²) in [7, 11) is 0. The Morgan fingerprint density at radius 3 is 2.44 bits per heavy atom. The summed E-state index contributed by atoms with van der Waals surface area (Å²) in [6.45, 7) is 0.858. The highest BCUT2D eigenvalue weighted by molar-refractivity contribution is 6.33. The van der Waals surface area contributed by atoms with Gasteiger partial charge in [-0.05, 0) is 31.7 Å². The van der Waals surface area contributed by atoms with Crippen LogP contribution >= 0.6 is 11.6 Å². The minimum Gasteiger partial charge on any atom is -0.355 e. The fourth-order valence-corrected chi connectivity index (χ4v) is 3.28. The third-order valence-corrected chi connectivity index (χ3v) is 4.96. The lowest BCUT2D eigenvalue weighted by Gasteiger charge is -2.32. The molecule has 0 radical (unpaired) electrons. The Kier molecular flexibility index (Phi) is 5.78. The predicted octanol–water partition coefficient (Wildman–Crippen LogP) is 2.37. The third kappa shape index (κ3) is 5.24. The van der Waals surface area contributed by atoms with Gasteiger partial charge in [0.15, 0.2) is 0 Å². The van der Waals surface area contributed by atoms with E-state index >= 15 is 0 Å². The molecular formula is C17H20ClF3N4O2. The molecule has 1 saturated carbocycles. The summed E-state index contributed by atoms with van der Waals surface area (Å²) in [5.74, 6) is -0.341. The molecule has 27 heavy (non-hydrogen) atoms. The first-order valence-corrected chi connectivity index (χ1v) is 9.16. The third-order valence-electron chi connectivity index (χ3n) is 4.68. The normalized spacial score (nSPS) is 18.3. The molecule has 6 nitrogen and oxygen atoms in total. The van der Waals surface area contributed by atoms with Gasteiger partial charge in [0.1, 0.15) is 5.82 Å². The Balaban J connectivity index is 1.49. The molecule has 1 aliphatic carbocycles. The molecule has 1 aromatic rings. The Morgan fingerprint density at radius 1 is 1.22 bits per heavy atom. The van der Waals surface area contributed by atoms with Crippen molar-refractivity contribution in [1.82, 2.24) is 15.6 Å². The van der Waals surface area contributed by atoms with E-state index in [1.165, 1.54) is 0 Å². The van der Waals surface area contributed by atoms with Crippen molar-refractivity contribution in [3.05, 3.63) is 22.8 Å². The summed E-state index contributed by atoms with van der Waals surface area (Å²) in [5.41, 5.74) is -0.894. The van der Waals surface area contributed by atoms with E-state index in [1.54, 1.807) is 4.90 Å². The molecule has 0 spiro atoms. The SMILES string of the molecule is O=C(CNC(=O)C1CCN(c2ncc(C(F)(F)F)cc2Cl)CC1)NC1CC1. The molecule has 0 aromatic carbocycles. The summed E-state index contributed by atoms with van der Waals surface area (Å²) in [4.78, 5) is 29.4. The van der Waals surface area contributed by atoms with E-state index in [-0.39, 0.29) is 41.2 Å². The number of alkyl halides is 3. The zero-order chi connectivity index (χ0) is 19.6. The molecule has 2 N–H and O–H groups in total. The monoisotopic (exact) mass is 404 g/mol. The van der Waals surface area contributed by atoms with Gasteiger partial charge in [-0.1, -0.05) is 11.6 Å². The van der Waals surface area contributed by atoms with Crippen LogP contribution in [0.4, 0.5) is 19.0 Å². The second kappa shape index (κ2) is 7.92. The van der Waals surface area contributed by atoms with Crippen molar-refractivity contribution in [2.24, 2.45) is 5.92 Å². The largest absolute Gasteiger partial charge is 0.417 e. The number of aromatic nitrogens is 1. The first-order chi connectivity index (χ1) is 12.7. The quantitative estimate of drug-likeness (QED) is 0.790. The number of hydrogen-bond acceptors (Lipinski definition) is 4. The average molecular weight is 405 g/mol. The summed E-state index contributed by atoms with van der Waals surface area (Å²) in [5, 5.41) is 5.37. The van der Waals surface area contributed by atoms with Crippen LogP contribution in [0.1, 0.15) is 31.2 Å². The van der Waals surface area contributed by atoms with Crippen LogP contribution in [0.5, 0.6) is 0 Å². The van der Waals surface area contributed by atoms with Gasteiger partial charge in [-0.2, -0.15) is 13.2 Å². The predicted molar refractivity (Wildman–Crippen MR) is 93.4 cm³/mol. The molecule has 1 saturated heterocycles. The Morgan fingerprint density at radius 2 is 1.89 bits per heavy atom. The second-order valence-corrected chi connectivity index (χ2v) is 7.26. The molecule has 2 aliphatic rings. The topological polar surface area (TPSA) is 74.3 Å². The lowest BCUT2D eigenvalue weighted by atomic mass is 9.96. The van der Waals surface area contributed by atoms with Gasteiger partial charge < -0.3 is 15.5 Å². The fraction of sp³-hybridized carbons (Fsp3) is 0.588. The van der Waals surface area contributed by atoms with Gasteiger partial charge in [-0.15, -0.1) is 0 Å². The molecule has 2 fully saturated rings. The van der Waals surface area contributed by atoms with E-state index in [0.29, 0.717) is 25.9 Å². The number of nitrogens with zero attached hydrogens (tertiary/aromatic N) is 2. The smallest absolute Gasteiger partial charge is 0.355 e. The molecule has 2 heterocycles. The average Bonchev–Trinajstić information content (AvgIpc) is 3.43. The first-order valence-electron chi connectivity index (χ1n) is 8.79. The molecule has 0 bridgehead atoms. The molecule has 1 aliphatic heterocycles. The minimum atomic E-state index is -4.49. The number of amides is 2. The maximum Gasteiger partial charge on any atom is 0.417 e. The van der Waals surface area contributed by atoms with E-state index < -0.39 is 11.7 Å². The van der Waals surface area contributed by atoms with Crippen molar-refractivity contribution in [2.45, 2.75) is 37.9 Å². The van der Waals surface area contributed by atoms with Gasteiger partial charge in [-0.25, -0.2) is 4.98 Å². The first kappa shape index (κ1) is 19.7. The number of piperidine rings is 1. The fourth-order valence-electron chi connectivity index (χ4n) is 2.99. The minimum absolute atomic E-state index is 0.0398. The molecule has 148 valence electrons. The van der Waals surface area contributed by atoms with Crippen molar-refractivity contribution in [1.29, 1.82) is 0 Å². The molecular weight excluding hydrogens is 385 g/mol. The van der Waals surface area contributed by atoms with Crippen LogP contribution in [-0.4, -0.2) is 42.5 Å². The van der Waals surface area contributed by atoms with Crippen molar-refractivity contribution in [3.63, 3.8) is 0 Å². The van der Waals surface area contributed by atoms with Gasteiger partial charge >= 0.3 is 6.18 Å². The van der Waals surface area contributed by atoms with Gasteiger partial charge in [-0.3, -0.25) is 9.59 Å². The van der Waals surface area contributed by atoms with Gasteiger partial charge in [0, 0.05) is 31.2 Å². The Labute approximate surface area is 159 Å².